The zero-order chi connectivity index (χ0) is 13.9. The Labute approximate surface area is 113 Å². The summed E-state index contributed by atoms with van der Waals surface area (Å²) in [5.74, 6) is -1.56. The molecule has 1 aromatic rings. The van der Waals surface area contributed by atoms with Gasteiger partial charge in [0.1, 0.15) is 0 Å². The van der Waals surface area contributed by atoms with E-state index < -0.39 is 11.6 Å². The minimum absolute atomic E-state index is 0.0371. The standard InChI is InChI=1S/C15H21NO3/c1-11(13-9-5-6-10-16-13)15(19,14(17)18)12-7-3-2-4-8-12/h2-4,7-8,11,13,16,19H,5-6,9-10H2,1H3,(H,17,18)/t11?,13-,15-/m1/s1. The Hall–Kier alpha value is -1.39. The summed E-state index contributed by atoms with van der Waals surface area (Å²) >= 11 is 0. The lowest BCUT2D eigenvalue weighted by atomic mass is 9.76. The minimum Gasteiger partial charge on any atom is -0.479 e. The topological polar surface area (TPSA) is 69.6 Å². The summed E-state index contributed by atoms with van der Waals surface area (Å²) in [7, 11) is 0. The van der Waals surface area contributed by atoms with Crippen molar-refractivity contribution in [2.45, 2.75) is 37.8 Å². The number of piperidine rings is 1. The average molecular weight is 263 g/mol. The van der Waals surface area contributed by atoms with Crippen LogP contribution in [0.3, 0.4) is 0 Å². The number of aliphatic carboxylic acids is 1. The molecule has 1 unspecified atom stereocenters. The van der Waals surface area contributed by atoms with Gasteiger partial charge in [-0.15, -0.1) is 0 Å². The van der Waals surface area contributed by atoms with Crippen molar-refractivity contribution in [3.05, 3.63) is 35.9 Å². The second-order valence-electron chi connectivity index (χ2n) is 5.28. The molecule has 3 atom stereocenters. The Bertz CT molecular complexity index is 428. The zero-order valence-corrected chi connectivity index (χ0v) is 11.2. The highest BCUT2D eigenvalue weighted by molar-refractivity contribution is 5.79. The van der Waals surface area contributed by atoms with Crippen molar-refractivity contribution in [3.8, 4) is 0 Å². The largest absolute Gasteiger partial charge is 0.479 e. The number of benzene rings is 1. The van der Waals surface area contributed by atoms with E-state index in [1.165, 1.54) is 0 Å². The third-order valence-corrected chi connectivity index (χ3v) is 4.15. The van der Waals surface area contributed by atoms with E-state index in [9.17, 15) is 15.0 Å². The molecule has 0 bridgehead atoms. The van der Waals surface area contributed by atoms with E-state index in [-0.39, 0.29) is 12.0 Å². The summed E-state index contributed by atoms with van der Waals surface area (Å²) in [5.41, 5.74) is -1.39. The molecule has 4 heteroatoms. The van der Waals surface area contributed by atoms with E-state index in [0.717, 1.165) is 25.8 Å². The van der Waals surface area contributed by atoms with Crippen LogP contribution in [0, 0.1) is 5.92 Å². The predicted octanol–water partition coefficient (Wildman–Crippen LogP) is 1.74. The van der Waals surface area contributed by atoms with Crippen molar-refractivity contribution in [1.82, 2.24) is 5.32 Å². The Kier molecular flexibility index (Phi) is 4.22. The van der Waals surface area contributed by atoms with Gasteiger partial charge in [-0.3, -0.25) is 0 Å². The molecule has 1 saturated heterocycles. The van der Waals surface area contributed by atoms with Gasteiger partial charge in [0.05, 0.1) is 0 Å². The third-order valence-electron chi connectivity index (χ3n) is 4.15. The molecule has 1 aliphatic heterocycles. The number of rotatable bonds is 4. The third kappa shape index (κ3) is 2.65. The lowest BCUT2D eigenvalue weighted by molar-refractivity contribution is -0.167. The lowest BCUT2D eigenvalue weighted by Crippen LogP contribution is -2.52. The highest BCUT2D eigenvalue weighted by Crippen LogP contribution is 2.34. The molecule has 0 saturated carbocycles. The molecule has 0 spiro atoms. The fraction of sp³-hybridized carbons (Fsp3) is 0.533. The first-order valence-corrected chi connectivity index (χ1v) is 6.81. The molecule has 2 rings (SSSR count). The van der Waals surface area contributed by atoms with Crippen molar-refractivity contribution in [2.75, 3.05) is 6.54 Å². The number of carbonyl (C=O) groups is 1. The van der Waals surface area contributed by atoms with Crippen molar-refractivity contribution < 1.29 is 15.0 Å². The van der Waals surface area contributed by atoms with Crippen LogP contribution < -0.4 is 5.32 Å². The Morgan fingerprint density at radius 2 is 2.05 bits per heavy atom. The average Bonchev–Trinajstić information content (AvgIpc) is 2.47. The van der Waals surface area contributed by atoms with Crippen LogP contribution in [-0.2, 0) is 10.4 Å². The van der Waals surface area contributed by atoms with Crippen LogP contribution >= 0.6 is 0 Å². The van der Waals surface area contributed by atoms with E-state index >= 15 is 0 Å². The normalized spacial score (nSPS) is 24.4. The summed E-state index contributed by atoms with van der Waals surface area (Å²) < 4.78 is 0. The monoisotopic (exact) mass is 263 g/mol. The summed E-state index contributed by atoms with van der Waals surface area (Å²) in [6.45, 7) is 2.70. The van der Waals surface area contributed by atoms with Gasteiger partial charge in [-0.05, 0) is 24.9 Å². The van der Waals surface area contributed by atoms with Crippen molar-refractivity contribution in [1.29, 1.82) is 0 Å². The van der Waals surface area contributed by atoms with E-state index in [2.05, 4.69) is 5.32 Å². The second-order valence-corrected chi connectivity index (χ2v) is 5.28. The molecular formula is C15H21NO3. The van der Waals surface area contributed by atoms with Gasteiger partial charge in [-0.2, -0.15) is 0 Å². The van der Waals surface area contributed by atoms with Gasteiger partial charge >= 0.3 is 5.97 Å². The second kappa shape index (κ2) is 5.72. The molecule has 0 aromatic heterocycles. The van der Waals surface area contributed by atoms with E-state index in [1.54, 1.807) is 24.3 Å². The van der Waals surface area contributed by atoms with Crippen LogP contribution in [-0.4, -0.2) is 28.8 Å². The molecule has 19 heavy (non-hydrogen) atoms. The fourth-order valence-electron chi connectivity index (χ4n) is 2.87. The molecule has 1 heterocycles. The van der Waals surface area contributed by atoms with Gasteiger partial charge in [0.25, 0.3) is 0 Å². The van der Waals surface area contributed by atoms with Crippen LogP contribution in [0.1, 0.15) is 31.7 Å². The molecule has 4 nitrogen and oxygen atoms in total. The first-order chi connectivity index (χ1) is 9.06. The molecule has 1 aliphatic rings. The van der Waals surface area contributed by atoms with E-state index in [0.29, 0.717) is 5.56 Å². The summed E-state index contributed by atoms with van der Waals surface area (Å²) in [4.78, 5) is 11.6. The van der Waals surface area contributed by atoms with Gasteiger partial charge in [-0.25, -0.2) is 4.79 Å². The van der Waals surface area contributed by atoms with Gasteiger partial charge in [0.2, 0.25) is 0 Å². The molecule has 104 valence electrons. The molecule has 1 fully saturated rings. The predicted molar refractivity (Wildman–Crippen MR) is 72.8 cm³/mol. The Morgan fingerprint density at radius 3 is 2.58 bits per heavy atom. The number of hydrogen-bond acceptors (Lipinski definition) is 3. The van der Waals surface area contributed by atoms with Gasteiger partial charge in [0, 0.05) is 12.0 Å². The number of carboxylic acid groups (broad SMARTS) is 1. The maximum Gasteiger partial charge on any atom is 0.340 e. The highest BCUT2D eigenvalue weighted by Gasteiger charge is 2.46. The molecule has 0 aliphatic carbocycles. The molecule has 0 amide bonds. The summed E-state index contributed by atoms with van der Waals surface area (Å²) in [6.07, 6.45) is 3.09. The number of nitrogens with one attached hydrogen (secondary N) is 1. The number of aliphatic hydroxyl groups is 1. The number of carboxylic acids is 1. The minimum atomic E-state index is -1.84. The molecule has 0 radical (unpaired) electrons. The van der Waals surface area contributed by atoms with Crippen LogP contribution in [0.25, 0.3) is 0 Å². The Balaban J connectivity index is 2.31. The first kappa shape index (κ1) is 14.0. The number of hydrogen-bond donors (Lipinski definition) is 3. The molecule has 3 N–H and O–H groups in total. The van der Waals surface area contributed by atoms with Crippen molar-refractivity contribution in [2.24, 2.45) is 5.92 Å². The Morgan fingerprint density at radius 1 is 1.37 bits per heavy atom. The lowest BCUT2D eigenvalue weighted by Gasteiger charge is -2.38. The van der Waals surface area contributed by atoms with E-state index in [4.69, 9.17) is 0 Å². The van der Waals surface area contributed by atoms with Crippen LogP contribution in [0.4, 0.5) is 0 Å². The first-order valence-electron chi connectivity index (χ1n) is 6.81. The van der Waals surface area contributed by atoms with Crippen LogP contribution in [0.15, 0.2) is 30.3 Å². The van der Waals surface area contributed by atoms with Gasteiger partial charge in [0.15, 0.2) is 5.60 Å². The SMILES string of the molecule is CC([C@H]1CCCCN1)[C@](O)(C(=O)O)c1ccccc1. The smallest absolute Gasteiger partial charge is 0.340 e. The quantitative estimate of drug-likeness (QED) is 0.774. The maximum absolute atomic E-state index is 11.6. The highest BCUT2D eigenvalue weighted by atomic mass is 16.4. The fourth-order valence-corrected chi connectivity index (χ4v) is 2.87. The van der Waals surface area contributed by atoms with Crippen LogP contribution in [0.2, 0.25) is 0 Å². The van der Waals surface area contributed by atoms with Gasteiger partial charge in [-0.1, -0.05) is 43.7 Å². The summed E-state index contributed by atoms with van der Waals surface area (Å²) in [5, 5.41) is 23.6. The molecular weight excluding hydrogens is 242 g/mol. The maximum atomic E-state index is 11.6. The molecule has 1 aromatic carbocycles. The zero-order valence-electron chi connectivity index (χ0n) is 11.2. The van der Waals surface area contributed by atoms with Crippen molar-refractivity contribution in [3.63, 3.8) is 0 Å². The van der Waals surface area contributed by atoms with Crippen molar-refractivity contribution >= 4 is 5.97 Å². The van der Waals surface area contributed by atoms with Crippen LogP contribution in [0.5, 0.6) is 0 Å². The van der Waals surface area contributed by atoms with E-state index in [1.807, 2.05) is 13.0 Å². The van der Waals surface area contributed by atoms with Gasteiger partial charge < -0.3 is 15.5 Å². The summed E-state index contributed by atoms with van der Waals surface area (Å²) in [6, 6.07) is 8.71.